The van der Waals surface area contributed by atoms with Crippen molar-refractivity contribution in [3.05, 3.63) is 23.5 Å². The molecule has 16 heavy (non-hydrogen) atoms. The van der Waals surface area contributed by atoms with Gasteiger partial charge >= 0.3 is 11.9 Å². The van der Waals surface area contributed by atoms with Crippen LogP contribution in [0.1, 0.15) is 25.7 Å². The molecule has 0 aliphatic carbocycles. The van der Waals surface area contributed by atoms with Crippen molar-refractivity contribution in [1.82, 2.24) is 0 Å². The molecule has 0 saturated carbocycles. The van der Waals surface area contributed by atoms with Crippen molar-refractivity contribution in [1.29, 1.82) is 0 Å². The first-order valence-electron chi connectivity index (χ1n) is 5.02. The van der Waals surface area contributed by atoms with Gasteiger partial charge in [-0.3, -0.25) is 9.59 Å². The second-order valence-electron chi connectivity index (χ2n) is 3.53. The highest BCUT2D eigenvalue weighted by Gasteiger charge is 2.12. The molecule has 0 atom stereocenters. The molecule has 0 amide bonds. The van der Waals surface area contributed by atoms with Gasteiger partial charge in [-0.25, -0.2) is 0 Å². The third-order valence-electron chi connectivity index (χ3n) is 2.33. The molecule has 0 bridgehead atoms. The van der Waals surface area contributed by atoms with Gasteiger partial charge in [-0.2, -0.15) is 0 Å². The Labute approximate surface area is 93.0 Å². The van der Waals surface area contributed by atoms with Crippen molar-refractivity contribution < 1.29 is 24.5 Å². The standard InChI is InChI=1S/C11H14O5/c12-10(13)3-1-8-5-6-16-7-9(8)2-4-11(14)15/h5-6H,1-4,7H2,(H,12,13)(H,14,15). The molecule has 1 aliphatic rings. The van der Waals surface area contributed by atoms with Crippen LogP contribution in [0.15, 0.2) is 23.5 Å². The Balaban J connectivity index is 2.60. The Morgan fingerprint density at radius 1 is 1.19 bits per heavy atom. The lowest BCUT2D eigenvalue weighted by molar-refractivity contribution is -0.138. The number of ether oxygens (including phenoxy) is 1. The molecule has 0 unspecified atom stereocenters. The SMILES string of the molecule is O=C(O)CCC1=C(CCC(=O)O)COC=C1. The molecule has 0 aromatic heterocycles. The van der Waals surface area contributed by atoms with Gasteiger partial charge in [0.05, 0.1) is 6.26 Å². The van der Waals surface area contributed by atoms with Crippen molar-refractivity contribution in [2.45, 2.75) is 25.7 Å². The molecular weight excluding hydrogens is 212 g/mol. The van der Waals surface area contributed by atoms with E-state index >= 15 is 0 Å². The number of carboxylic acid groups (broad SMARTS) is 2. The average Bonchev–Trinajstić information content (AvgIpc) is 2.24. The van der Waals surface area contributed by atoms with Crippen LogP contribution in [-0.4, -0.2) is 28.8 Å². The van der Waals surface area contributed by atoms with E-state index in [0.29, 0.717) is 19.4 Å². The molecule has 1 heterocycles. The maximum atomic E-state index is 10.4. The van der Waals surface area contributed by atoms with Gasteiger partial charge in [-0.1, -0.05) is 0 Å². The lowest BCUT2D eigenvalue weighted by Gasteiger charge is -2.15. The third kappa shape index (κ3) is 4.16. The minimum atomic E-state index is -0.861. The van der Waals surface area contributed by atoms with E-state index in [4.69, 9.17) is 14.9 Å². The summed E-state index contributed by atoms with van der Waals surface area (Å²) < 4.78 is 5.07. The molecule has 0 spiro atoms. The number of hydrogen-bond donors (Lipinski definition) is 2. The van der Waals surface area contributed by atoms with Gasteiger partial charge in [0.2, 0.25) is 0 Å². The maximum absolute atomic E-state index is 10.4. The number of hydrogen-bond acceptors (Lipinski definition) is 3. The van der Waals surface area contributed by atoms with Gasteiger partial charge in [0.1, 0.15) is 6.61 Å². The first kappa shape index (κ1) is 12.3. The molecule has 1 aliphatic heterocycles. The minimum Gasteiger partial charge on any atom is -0.497 e. The molecule has 5 heteroatoms. The first-order chi connectivity index (χ1) is 7.59. The van der Waals surface area contributed by atoms with E-state index in [1.165, 1.54) is 6.26 Å². The van der Waals surface area contributed by atoms with E-state index in [1.54, 1.807) is 6.08 Å². The zero-order valence-corrected chi connectivity index (χ0v) is 8.81. The van der Waals surface area contributed by atoms with Crippen molar-refractivity contribution in [2.24, 2.45) is 0 Å². The van der Waals surface area contributed by atoms with Crippen molar-refractivity contribution in [2.75, 3.05) is 6.61 Å². The first-order valence-corrected chi connectivity index (χ1v) is 5.02. The molecule has 0 aromatic carbocycles. The summed E-state index contributed by atoms with van der Waals surface area (Å²) in [4.78, 5) is 20.9. The lowest BCUT2D eigenvalue weighted by atomic mass is 9.99. The average molecular weight is 226 g/mol. The molecule has 0 radical (unpaired) electrons. The summed E-state index contributed by atoms with van der Waals surface area (Å²) in [5.74, 6) is -1.72. The summed E-state index contributed by atoms with van der Waals surface area (Å²) >= 11 is 0. The van der Waals surface area contributed by atoms with E-state index in [2.05, 4.69) is 0 Å². The number of aliphatic carboxylic acids is 2. The summed E-state index contributed by atoms with van der Waals surface area (Å²) in [7, 11) is 0. The van der Waals surface area contributed by atoms with Crippen LogP contribution in [0.4, 0.5) is 0 Å². The van der Waals surface area contributed by atoms with Crippen LogP contribution in [0, 0.1) is 0 Å². The van der Waals surface area contributed by atoms with Gasteiger partial charge in [0.15, 0.2) is 0 Å². The fraction of sp³-hybridized carbons (Fsp3) is 0.455. The van der Waals surface area contributed by atoms with Gasteiger partial charge in [0.25, 0.3) is 0 Å². The monoisotopic (exact) mass is 226 g/mol. The van der Waals surface area contributed by atoms with Gasteiger partial charge in [-0.05, 0) is 30.1 Å². The van der Waals surface area contributed by atoms with Crippen LogP contribution in [0.25, 0.3) is 0 Å². The Kier molecular flexibility index (Phi) is 4.57. The molecule has 5 nitrogen and oxygen atoms in total. The minimum absolute atomic E-state index is 0.0447. The largest absolute Gasteiger partial charge is 0.497 e. The molecule has 2 N–H and O–H groups in total. The Hall–Kier alpha value is -1.78. The van der Waals surface area contributed by atoms with E-state index < -0.39 is 11.9 Å². The highest BCUT2D eigenvalue weighted by atomic mass is 16.5. The van der Waals surface area contributed by atoms with Gasteiger partial charge in [-0.15, -0.1) is 0 Å². The Morgan fingerprint density at radius 3 is 2.44 bits per heavy atom. The van der Waals surface area contributed by atoms with Crippen LogP contribution in [-0.2, 0) is 14.3 Å². The molecule has 0 fully saturated rings. The van der Waals surface area contributed by atoms with Gasteiger partial charge < -0.3 is 14.9 Å². The van der Waals surface area contributed by atoms with Crippen LogP contribution < -0.4 is 0 Å². The van der Waals surface area contributed by atoms with Crippen molar-refractivity contribution in [3.63, 3.8) is 0 Å². The number of allylic oxidation sites excluding steroid dienone is 2. The van der Waals surface area contributed by atoms with E-state index in [9.17, 15) is 9.59 Å². The highest BCUT2D eigenvalue weighted by molar-refractivity contribution is 5.68. The summed E-state index contributed by atoms with van der Waals surface area (Å²) in [6, 6.07) is 0. The zero-order valence-electron chi connectivity index (χ0n) is 8.81. The van der Waals surface area contributed by atoms with Gasteiger partial charge in [0, 0.05) is 12.8 Å². The molecule has 88 valence electrons. The maximum Gasteiger partial charge on any atom is 0.303 e. The molecule has 1 rings (SSSR count). The van der Waals surface area contributed by atoms with Crippen LogP contribution in [0.5, 0.6) is 0 Å². The van der Waals surface area contributed by atoms with Crippen molar-refractivity contribution >= 4 is 11.9 Å². The van der Waals surface area contributed by atoms with E-state index in [1.807, 2.05) is 0 Å². The second kappa shape index (κ2) is 5.95. The molecule has 0 saturated heterocycles. The molecule has 0 aromatic rings. The van der Waals surface area contributed by atoms with Crippen LogP contribution in [0.3, 0.4) is 0 Å². The van der Waals surface area contributed by atoms with Crippen molar-refractivity contribution in [3.8, 4) is 0 Å². The fourth-order valence-corrected chi connectivity index (χ4v) is 1.48. The zero-order chi connectivity index (χ0) is 12.0. The topological polar surface area (TPSA) is 83.8 Å². The third-order valence-corrected chi connectivity index (χ3v) is 2.33. The Bertz CT molecular complexity index is 340. The van der Waals surface area contributed by atoms with Crippen LogP contribution in [0.2, 0.25) is 0 Å². The number of carboxylic acids is 2. The highest BCUT2D eigenvalue weighted by Crippen LogP contribution is 2.21. The Morgan fingerprint density at radius 2 is 1.81 bits per heavy atom. The summed E-state index contributed by atoms with van der Waals surface area (Å²) in [5, 5.41) is 17.1. The predicted octanol–water partition coefficient (Wildman–Crippen LogP) is 1.56. The lowest BCUT2D eigenvalue weighted by Crippen LogP contribution is -2.07. The molecular formula is C11H14O5. The van der Waals surface area contributed by atoms with E-state index in [-0.39, 0.29) is 12.8 Å². The quantitative estimate of drug-likeness (QED) is 0.718. The summed E-state index contributed by atoms with van der Waals surface area (Å²) in [6.07, 6.45) is 4.16. The summed E-state index contributed by atoms with van der Waals surface area (Å²) in [5.41, 5.74) is 1.76. The smallest absolute Gasteiger partial charge is 0.303 e. The predicted molar refractivity (Wildman–Crippen MR) is 55.9 cm³/mol. The van der Waals surface area contributed by atoms with E-state index in [0.717, 1.165) is 11.1 Å². The van der Waals surface area contributed by atoms with Crippen LogP contribution >= 0.6 is 0 Å². The summed E-state index contributed by atoms with van der Waals surface area (Å²) in [6.45, 7) is 0.360. The normalized spacial score (nSPS) is 14.8. The number of rotatable bonds is 6. The fourth-order valence-electron chi connectivity index (χ4n) is 1.48. The number of carbonyl (C=O) groups is 2. The second-order valence-corrected chi connectivity index (χ2v) is 3.53.